The summed E-state index contributed by atoms with van der Waals surface area (Å²) in [5, 5.41) is 8.39. The largest absolute Gasteiger partial charge is 0.497 e. The molecular formula is C28H39N3O7. The predicted octanol–water partition coefficient (Wildman–Crippen LogP) is 1.44. The van der Waals surface area contributed by atoms with E-state index in [1.54, 1.807) is 26.2 Å². The molecule has 1 aromatic carbocycles. The molecule has 0 aromatic heterocycles. The smallest absolute Gasteiger partial charge is 0.249 e. The molecule has 10 nitrogen and oxygen atoms in total. The van der Waals surface area contributed by atoms with Gasteiger partial charge in [0.25, 0.3) is 0 Å². The lowest BCUT2D eigenvalue weighted by molar-refractivity contribution is -0.135. The normalized spacial score (nSPS) is 23.2. The summed E-state index contributed by atoms with van der Waals surface area (Å²) in [7, 11) is 1.57. The van der Waals surface area contributed by atoms with Gasteiger partial charge in [0.1, 0.15) is 30.0 Å². The number of ketones is 1. The molecule has 0 spiro atoms. The number of methoxy groups -OCH3 is 1. The van der Waals surface area contributed by atoms with Crippen molar-refractivity contribution in [3.05, 3.63) is 29.8 Å². The van der Waals surface area contributed by atoms with Crippen LogP contribution >= 0.6 is 0 Å². The number of hydrogen-bond donors (Lipinski definition) is 3. The Labute approximate surface area is 223 Å². The van der Waals surface area contributed by atoms with Gasteiger partial charge in [0.05, 0.1) is 19.8 Å². The van der Waals surface area contributed by atoms with Crippen LogP contribution in [0.5, 0.6) is 5.75 Å². The number of epoxide rings is 1. The van der Waals surface area contributed by atoms with Crippen LogP contribution in [0, 0.1) is 5.92 Å². The zero-order chi connectivity index (χ0) is 27.1. The van der Waals surface area contributed by atoms with E-state index in [0.29, 0.717) is 37.7 Å². The summed E-state index contributed by atoms with van der Waals surface area (Å²) in [5.74, 6) is -0.329. The van der Waals surface area contributed by atoms with Crippen LogP contribution in [0.3, 0.4) is 0 Å². The van der Waals surface area contributed by atoms with Gasteiger partial charge in [-0.2, -0.15) is 0 Å². The first-order chi connectivity index (χ1) is 18.3. The van der Waals surface area contributed by atoms with E-state index in [4.69, 9.17) is 14.2 Å². The lowest BCUT2D eigenvalue weighted by Crippen LogP contribution is -2.56. The summed E-state index contributed by atoms with van der Waals surface area (Å²) in [6.45, 7) is 2.47. The van der Waals surface area contributed by atoms with Crippen LogP contribution in [0.15, 0.2) is 24.3 Å². The number of carbonyl (C=O) groups excluding carboxylic acids is 4. The molecule has 0 radical (unpaired) electrons. The molecular weight excluding hydrogens is 490 g/mol. The molecule has 208 valence electrons. The number of nitrogens with one attached hydrogen (secondary N) is 3. The van der Waals surface area contributed by atoms with Gasteiger partial charge in [-0.15, -0.1) is 0 Å². The number of carbonyl (C=O) groups is 4. The Balaban J connectivity index is 1.44. The molecule has 2 aliphatic heterocycles. The van der Waals surface area contributed by atoms with E-state index < -0.39 is 42.1 Å². The molecule has 2 heterocycles. The van der Waals surface area contributed by atoms with Gasteiger partial charge in [0, 0.05) is 13.0 Å². The van der Waals surface area contributed by atoms with E-state index in [1.165, 1.54) is 0 Å². The summed E-state index contributed by atoms with van der Waals surface area (Å²) in [5.41, 5.74) is 0.812. The highest BCUT2D eigenvalue weighted by molar-refractivity contribution is 5.96. The van der Waals surface area contributed by atoms with Crippen molar-refractivity contribution in [1.82, 2.24) is 16.0 Å². The van der Waals surface area contributed by atoms with E-state index in [9.17, 15) is 19.2 Å². The number of benzene rings is 1. The fourth-order valence-corrected chi connectivity index (χ4v) is 5.19. The van der Waals surface area contributed by atoms with Crippen molar-refractivity contribution >= 4 is 23.5 Å². The minimum absolute atomic E-state index is 0.114. The third-order valence-electron chi connectivity index (χ3n) is 7.56. The van der Waals surface area contributed by atoms with Crippen LogP contribution in [0.4, 0.5) is 0 Å². The quantitative estimate of drug-likeness (QED) is 0.329. The van der Waals surface area contributed by atoms with E-state index in [1.807, 2.05) is 12.1 Å². The summed E-state index contributed by atoms with van der Waals surface area (Å²) in [4.78, 5) is 52.0. The Kier molecular flexibility index (Phi) is 9.74. The molecule has 1 saturated carbocycles. The van der Waals surface area contributed by atoms with Gasteiger partial charge in [-0.25, -0.2) is 0 Å². The summed E-state index contributed by atoms with van der Waals surface area (Å²) in [6, 6.07) is 4.75. The first-order valence-corrected chi connectivity index (χ1v) is 13.6. The summed E-state index contributed by atoms with van der Waals surface area (Å²) < 4.78 is 15.8. The lowest BCUT2D eigenvalue weighted by atomic mass is 9.94. The molecule has 4 rings (SSSR count). The minimum Gasteiger partial charge on any atom is -0.497 e. The monoisotopic (exact) mass is 529 g/mol. The van der Waals surface area contributed by atoms with Gasteiger partial charge in [0.15, 0.2) is 5.78 Å². The number of rotatable bonds is 13. The average molecular weight is 530 g/mol. The van der Waals surface area contributed by atoms with Gasteiger partial charge >= 0.3 is 0 Å². The maximum Gasteiger partial charge on any atom is 0.249 e. The van der Waals surface area contributed by atoms with Crippen LogP contribution in [0.25, 0.3) is 0 Å². The van der Waals surface area contributed by atoms with Crippen molar-refractivity contribution in [2.75, 3.05) is 20.3 Å². The van der Waals surface area contributed by atoms with Crippen LogP contribution in [0.2, 0.25) is 0 Å². The van der Waals surface area contributed by atoms with Crippen LogP contribution < -0.4 is 20.7 Å². The standard InChI is InChI=1S/C28H39N3O7/c1-17(29-28(35)23-8-5-13-37-23)26(33)31-22(15-19-9-11-20(36-2)12-10-19)27(34)30-21(25(32)24-16-38-24)14-18-6-3-4-7-18/h9-12,17-18,21-24H,3-8,13-16H2,1-2H3,(H,29,35)(H,30,34)(H,31,33)/t17-,21+,22+,23+,24-/m1/s1. The van der Waals surface area contributed by atoms with Crippen LogP contribution in [-0.2, 0) is 35.1 Å². The van der Waals surface area contributed by atoms with Gasteiger partial charge in [-0.3, -0.25) is 19.2 Å². The fourth-order valence-electron chi connectivity index (χ4n) is 5.19. The fraction of sp³-hybridized carbons (Fsp3) is 0.643. The molecule has 1 aliphatic carbocycles. The molecule has 5 atom stereocenters. The molecule has 3 amide bonds. The second-order valence-electron chi connectivity index (χ2n) is 10.5. The van der Waals surface area contributed by atoms with Crippen molar-refractivity contribution in [3.63, 3.8) is 0 Å². The Morgan fingerprint density at radius 3 is 2.18 bits per heavy atom. The number of Topliss-reactive ketones (excluding diaryl/α,β-unsaturated/α-hetero) is 1. The van der Waals surface area contributed by atoms with Crippen molar-refractivity contribution in [2.45, 2.75) is 88.6 Å². The molecule has 38 heavy (non-hydrogen) atoms. The molecule has 0 bridgehead atoms. The van der Waals surface area contributed by atoms with Gasteiger partial charge in [-0.1, -0.05) is 37.8 Å². The molecule has 1 aromatic rings. The Hall–Kier alpha value is -2.98. The molecule has 0 unspecified atom stereocenters. The number of hydrogen-bond acceptors (Lipinski definition) is 7. The Bertz CT molecular complexity index is 983. The molecule has 2 saturated heterocycles. The van der Waals surface area contributed by atoms with Crippen molar-refractivity contribution in [1.29, 1.82) is 0 Å². The molecule has 3 fully saturated rings. The number of amides is 3. The SMILES string of the molecule is COc1ccc(C[C@H](NC(=O)[C@@H](C)NC(=O)[C@@H]2CCCO2)C(=O)N[C@@H](CC2CCCC2)C(=O)[C@H]2CO2)cc1. The van der Waals surface area contributed by atoms with E-state index in [-0.39, 0.29) is 18.1 Å². The molecule has 3 aliphatic rings. The zero-order valence-corrected chi connectivity index (χ0v) is 22.2. The second-order valence-corrected chi connectivity index (χ2v) is 10.5. The zero-order valence-electron chi connectivity index (χ0n) is 22.2. The number of ether oxygens (including phenoxy) is 3. The van der Waals surface area contributed by atoms with E-state index in [2.05, 4.69) is 16.0 Å². The van der Waals surface area contributed by atoms with Gasteiger partial charge < -0.3 is 30.2 Å². The molecule has 10 heteroatoms. The lowest BCUT2D eigenvalue weighted by Gasteiger charge is -2.26. The minimum atomic E-state index is -0.947. The molecule has 3 N–H and O–H groups in total. The second kappa shape index (κ2) is 13.2. The Morgan fingerprint density at radius 1 is 0.895 bits per heavy atom. The predicted molar refractivity (Wildman–Crippen MR) is 138 cm³/mol. The van der Waals surface area contributed by atoms with Gasteiger partial charge in [-0.05, 0) is 49.8 Å². The third-order valence-corrected chi connectivity index (χ3v) is 7.56. The van der Waals surface area contributed by atoms with Crippen molar-refractivity contribution in [3.8, 4) is 5.75 Å². The first-order valence-electron chi connectivity index (χ1n) is 13.6. The average Bonchev–Trinajstić information content (AvgIpc) is 3.36. The maximum atomic E-state index is 13.5. The van der Waals surface area contributed by atoms with E-state index >= 15 is 0 Å². The van der Waals surface area contributed by atoms with Crippen LogP contribution in [-0.4, -0.2) is 74.2 Å². The highest BCUT2D eigenvalue weighted by Crippen LogP contribution is 2.30. The highest BCUT2D eigenvalue weighted by atomic mass is 16.6. The maximum absolute atomic E-state index is 13.5. The highest BCUT2D eigenvalue weighted by Gasteiger charge is 2.39. The van der Waals surface area contributed by atoms with Crippen molar-refractivity contribution < 1.29 is 33.4 Å². The first kappa shape index (κ1) is 28.0. The van der Waals surface area contributed by atoms with E-state index in [0.717, 1.165) is 37.7 Å². The summed E-state index contributed by atoms with van der Waals surface area (Å²) in [6.07, 6.45) is 5.51. The summed E-state index contributed by atoms with van der Waals surface area (Å²) >= 11 is 0. The third kappa shape index (κ3) is 7.77. The Morgan fingerprint density at radius 2 is 1.58 bits per heavy atom. The van der Waals surface area contributed by atoms with Gasteiger partial charge in [0.2, 0.25) is 17.7 Å². The van der Waals surface area contributed by atoms with Crippen LogP contribution in [0.1, 0.15) is 57.4 Å². The van der Waals surface area contributed by atoms with Crippen molar-refractivity contribution in [2.24, 2.45) is 5.92 Å². The topological polar surface area (TPSA) is 135 Å².